The zero-order valence-electron chi connectivity index (χ0n) is 11.2. The van der Waals surface area contributed by atoms with Crippen molar-refractivity contribution in [2.75, 3.05) is 18.3 Å². The van der Waals surface area contributed by atoms with Crippen LogP contribution in [0, 0.1) is 0 Å². The molecule has 0 saturated carbocycles. The van der Waals surface area contributed by atoms with Crippen LogP contribution in [0.3, 0.4) is 0 Å². The van der Waals surface area contributed by atoms with Crippen LogP contribution in [0.4, 0.5) is 0 Å². The first-order valence-electron chi connectivity index (χ1n) is 6.33. The lowest BCUT2D eigenvalue weighted by Crippen LogP contribution is -2.33. The van der Waals surface area contributed by atoms with Gasteiger partial charge < -0.3 is 14.8 Å². The molecule has 1 aromatic carbocycles. The molecular formula is C13H19NO4S. The van der Waals surface area contributed by atoms with Crippen molar-refractivity contribution in [3.05, 3.63) is 23.8 Å². The van der Waals surface area contributed by atoms with E-state index < -0.39 is 9.84 Å². The second-order valence-electron chi connectivity index (χ2n) is 4.63. The second kappa shape index (κ2) is 5.79. The molecule has 106 valence electrons. The summed E-state index contributed by atoms with van der Waals surface area (Å²) in [6.07, 6.45) is 0. The molecular weight excluding hydrogens is 266 g/mol. The fourth-order valence-electron chi connectivity index (χ4n) is 1.97. The molecule has 0 amide bonds. The van der Waals surface area contributed by atoms with Gasteiger partial charge >= 0.3 is 0 Å². The van der Waals surface area contributed by atoms with Gasteiger partial charge in [0.1, 0.15) is 0 Å². The molecule has 1 N–H and O–H groups in total. The second-order valence-corrected chi connectivity index (χ2v) is 7.03. The van der Waals surface area contributed by atoms with Crippen LogP contribution in [0.1, 0.15) is 19.4 Å². The molecule has 1 atom stereocenters. The van der Waals surface area contributed by atoms with Crippen LogP contribution in [-0.4, -0.2) is 32.8 Å². The van der Waals surface area contributed by atoms with Gasteiger partial charge in [-0.25, -0.2) is 8.42 Å². The Morgan fingerprint density at radius 3 is 2.89 bits per heavy atom. The maximum absolute atomic E-state index is 11.5. The molecule has 2 rings (SSSR count). The minimum absolute atomic E-state index is 0.0943. The van der Waals surface area contributed by atoms with E-state index >= 15 is 0 Å². The zero-order chi connectivity index (χ0) is 13.9. The van der Waals surface area contributed by atoms with Crippen molar-refractivity contribution in [3.8, 4) is 11.5 Å². The molecule has 1 aliphatic rings. The number of para-hydroxylation sites is 1. The first-order chi connectivity index (χ1) is 9.02. The van der Waals surface area contributed by atoms with Crippen molar-refractivity contribution in [2.24, 2.45) is 0 Å². The van der Waals surface area contributed by atoms with E-state index in [0.717, 1.165) is 17.1 Å². The van der Waals surface area contributed by atoms with Gasteiger partial charge in [-0.05, 0) is 13.0 Å². The molecule has 6 heteroatoms. The fourth-order valence-corrected chi connectivity index (χ4v) is 3.09. The molecule has 0 aliphatic carbocycles. The third-order valence-corrected chi connectivity index (χ3v) is 4.95. The van der Waals surface area contributed by atoms with Gasteiger partial charge in [-0.1, -0.05) is 19.1 Å². The van der Waals surface area contributed by atoms with Crippen molar-refractivity contribution < 1.29 is 17.9 Å². The zero-order valence-corrected chi connectivity index (χ0v) is 12.0. The number of fused-ring (bicyclic) bond motifs is 1. The predicted molar refractivity (Wildman–Crippen MR) is 73.2 cm³/mol. The van der Waals surface area contributed by atoms with Crippen molar-refractivity contribution in [3.63, 3.8) is 0 Å². The average Bonchev–Trinajstić information content (AvgIpc) is 2.84. The molecule has 0 radical (unpaired) electrons. The highest BCUT2D eigenvalue weighted by molar-refractivity contribution is 7.91. The van der Waals surface area contributed by atoms with E-state index in [0.29, 0.717) is 6.54 Å². The van der Waals surface area contributed by atoms with E-state index in [1.807, 2.05) is 25.1 Å². The van der Waals surface area contributed by atoms with Gasteiger partial charge in [-0.15, -0.1) is 0 Å². The van der Waals surface area contributed by atoms with Crippen LogP contribution >= 0.6 is 0 Å². The quantitative estimate of drug-likeness (QED) is 0.854. The van der Waals surface area contributed by atoms with E-state index in [1.54, 1.807) is 6.92 Å². The van der Waals surface area contributed by atoms with Gasteiger partial charge in [0.2, 0.25) is 6.79 Å². The van der Waals surface area contributed by atoms with Gasteiger partial charge in [-0.3, -0.25) is 0 Å². The van der Waals surface area contributed by atoms with Crippen LogP contribution in [0.25, 0.3) is 0 Å². The molecule has 0 spiro atoms. The summed E-state index contributed by atoms with van der Waals surface area (Å²) in [4.78, 5) is 0. The highest BCUT2D eigenvalue weighted by atomic mass is 32.2. The van der Waals surface area contributed by atoms with Crippen LogP contribution in [0.2, 0.25) is 0 Å². The van der Waals surface area contributed by atoms with Gasteiger partial charge in [-0.2, -0.15) is 0 Å². The maximum atomic E-state index is 11.5. The van der Waals surface area contributed by atoms with Crippen molar-refractivity contribution in [2.45, 2.75) is 26.4 Å². The Bertz CT molecular complexity index is 542. The summed E-state index contributed by atoms with van der Waals surface area (Å²) >= 11 is 0. The molecule has 19 heavy (non-hydrogen) atoms. The minimum Gasteiger partial charge on any atom is -0.454 e. The number of benzene rings is 1. The van der Waals surface area contributed by atoms with Crippen molar-refractivity contribution in [1.82, 2.24) is 5.32 Å². The number of nitrogens with one attached hydrogen (secondary N) is 1. The molecule has 1 unspecified atom stereocenters. The van der Waals surface area contributed by atoms with E-state index in [1.165, 1.54) is 0 Å². The lowest BCUT2D eigenvalue weighted by molar-refractivity contribution is 0.173. The van der Waals surface area contributed by atoms with E-state index in [4.69, 9.17) is 9.47 Å². The van der Waals surface area contributed by atoms with Gasteiger partial charge in [0.25, 0.3) is 0 Å². The Morgan fingerprint density at radius 2 is 2.16 bits per heavy atom. The summed E-state index contributed by atoms with van der Waals surface area (Å²) < 4.78 is 33.7. The minimum atomic E-state index is -2.95. The molecule has 0 bridgehead atoms. The Balaban J connectivity index is 1.95. The van der Waals surface area contributed by atoms with Crippen molar-refractivity contribution >= 4 is 9.84 Å². The predicted octanol–water partition coefficient (Wildman–Crippen LogP) is 1.33. The Labute approximate surface area is 113 Å². The normalized spacial score (nSPS) is 15.5. The standard InChI is InChI=1S/C13H19NO4S/c1-3-19(15,16)8-10(2)14-7-11-5-4-6-12-13(11)18-9-17-12/h4-6,10,14H,3,7-9H2,1-2H3. The summed E-state index contributed by atoms with van der Waals surface area (Å²) in [5, 5.41) is 3.20. The van der Waals surface area contributed by atoms with Gasteiger partial charge in [0.05, 0.1) is 5.75 Å². The smallest absolute Gasteiger partial charge is 0.231 e. The molecule has 0 saturated heterocycles. The highest BCUT2D eigenvalue weighted by Crippen LogP contribution is 2.35. The topological polar surface area (TPSA) is 64.6 Å². The third-order valence-electron chi connectivity index (χ3n) is 3.06. The summed E-state index contributed by atoms with van der Waals surface area (Å²) in [7, 11) is -2.95. The van der Waals surface area contributed by atoms with Crippen LogP contribution < -0.4 is 14.8 Å². The lowest BCUT2D eigenvalue weighted by atomic mass is 10.2. The number of hydrogen-bond donors (Lipinski definition) is 1. The number of ether oxygens (including phenoxy) is 2. The Hall–Kier alpha value is -1.27. The molecule has 1 heterocycles. The average molecular weight is 285 g/mol. The van der Waals surface area contributed by atoms with E-state index in [2.05, 4.69) is 5.32 Å². The monoisotopic (exact) mass is 285 g/mol. The van der Waals surface area contributed by atoms with Crippen LogP contribution in [-0.2, 0) is 16.4 Å². The number of rotatable bonds is 6. The van der Waals surface area contributed by atoms with Gasteiger partial charge in [0.15, 0.2) is 21.3 Å². The Morgan fingerprint density at radius 1 is 1.37 bits per heavy atom. The van der Waals surface area contributed by atoms with E-state index in [-0.39, 0.29) is 24.3 Å². The molecule has 0 aromatic heterocycles. The summed E-state index contributed by atoms with van der Waals surface area (Å²) in [5.41, 5.74) is 0.982. The Kier molecular flexibility index (Phi) is 4.31. The number of hydrogen-bond acceptors (Lipinski definition) is 5. The highest BCUT2D eigenvalue weighted by Gasteiger charge is 2.18. The maximum Gasteiger partial charge on any atom is 0.231 e. The third kappa shape index (κ3) is 3.61. The summed E-state index contributed by atoms with van der Waals surface area (Å²) in [6.45, 7) is 4.34. The summed E-state index contributed by atoms with van der Waals surface area (Å²) in [5.74, 6) is 1.82. The SMILES string of the molecule is CCS(=O)(=O)CC(C)NCc1cccc2c1OCO2. The summed E-state index contributed by atoms with van der Waals surface area (Å²) in [6, 6.07) is 5.61. The molecule has 0 fully saturated rings. The lowest BCUT2D eigenvalue weighted by Gasteiger charge is -2.14. The first kappa shape index (κ1) is 14.1. The number of sulfone groups is 1. The largest absolute Gasteiger partial charge is 0.454 e. The fraction of sp³-hybridized carbons (Fsp3) is 0.538. The molecule has 1 aliphatic heterocycles. The van der Waals surface area contributed by atoms with Crippen molar-refractivity contribution in [1.29, 1.82) is 0 Å². The first-order valence-corrected chi connectivity index (χ1v) is 8.15. The van der Waals surface area contributed by atoms with Crippen LogP contribution in [0.15, 0.2) is 18.2 Å². The van der Waals surface area contributed by atoms with Crippen LogP contribution in [0.5, 0.6) is 11.5 Å². The molecule has 1 aromatic rings. The van der Waals surface area contributed by atoms with Gasteiger partial charge in [0, 0.05) is 23.9 Å². The molecule has 5 nitrogen and oxygen atoms in total. The van der Waals surface area contributed by atoms with E-state index in [9.17, 15) is 8.42 Å².